The molecule has 1 aliphatic heterocycles. The predicted octanol–water partition coefficient (Wildman–Crippen LogP) is 3.40. The molecule has 2 N–H and O–H groups in total. The Morgan fingerprint density at radius 1 is 1.19 bits per heavy atom. The van der Waals surface area contributed by atoms with Gasteiger partial charge in [0.05, 0.1) is 23.8 Å². The van der Waals surface area contributed by atoms with E-state index in [1.54, 1.807) is 18.2 Å². The number of nitrogens with one attached hydrogen (secondary N) is 2. The Labute approximate surface area is 165 Å². The van der Waals surface area contributed by atoms with Gasteiger partial charge in [0.1, 0.15) is 0 Å². The highest BCUT2D eigenvalue weighted by atomic mass is 35.5. The Kier molecular flexibility index (Phi) is 7.24. The monoisotopic (exact) mass is 387 g/mol. The van der Waals surface area contributed by atoms with Crippen molar-refractivity contribution < 1.29 is 9.53 Å². The zero-order valence-corrected chi connectivity index (χ0v) is 16.3. The molecule has 144 valence electrons. The number of halogens is 1. The van der Waals surface area contributed by atoms with Crippen LogP contribution < -0.4 is 10.6 Å². The third kappa shape index (κ3) is 5.78. The van der Waals surface area contributed by atoms with Crippen LogP contribution in [0.5, 0.6) is 0 Å². The minimum Gasteiger partial charge on any atom is -0.379 e. The number of ether oxygens (including phenoxy) is 1. The molecule has 1 fully saturated rings. The maximum absolute atomic E-state index is 12.4. The summed E-state index contributed by atoms with van der Waals surface area (Å²) in [7, 11) is 0. The lowest BCUT2D eigenvalue weighted by Gasteiger charge is -2.32. The van der Waals surface area contributed by atoms with Crippen molar-refractivity contribution >= 4 is 23.2 Å². The van der Waals surface area contributed by atoms with Crippen LogP contribution in [0, 0.1) is 0 Å². The summed E-state index contributed by atoms with van der Waals surface area (Å²) >= 11 is 6.10. The van der Waals surface area contributed by atoms with Gasteiger partial charge in [-0.2, -0.15) is 0 Å². The second kappa shape index (κ2) is 9.85. The Morgan fingerprint density at radius 2 is 1.96 bits per heavy atom. The fraction of sp³-hybridized carbons (Fsp3) is 0.381. The number of carbonyl (C=O) groups excluding carboxylic acids is 1. The molecule has 1 aliphatic rings. The zero-order valence-electron chi connectivity index (χ0n) is 15.6. The van der Waals surface area contributed by atoms with Crippen molar-refractivity contribution in [2.75, 3.05) is 38.2 Å². The van der Waals surface area contributed by atoms with E-state index in [2.05, 4.69) is 28.5 Å². The van der Waals surface area contributed by atoms with Gasteiger partial charge in [-0.05, 0) is 36.8 Å². The van der Waals surface area contributed by atoms with Crippen LogP contribution in [0.2, 0.25) is 5.02 Å². The average molecular weight is 388 g/mol. The molecule has 0 bridgehead atoms. The van der Waals surface area contributed by atoms with Crippen LogP contribution in [0.4, 0.5) is 5.69 Å². The molecular weight excluding hydrogens is 362 g/mol. The molecule has 1 saturated heterocycles. The first-order valence-electron chi connectivity index (χ1n) is 9.31. The largest absolute Gasteiger partial charge is 0.379 e. The molecule has 0 saturated carbocycles. The number of nitrogens with zero attached hydrogens (tertiary/aromatic N) is 1. The second-order valence-corrected chi connectivity index (χ2v) is 7.17. The fourth-order valence-electron chi connectivity index (χ4n) is 3.18. The van der Waals surface area contributed by atoms with E-state index in [-0.39, 0.29) is 5.91 Å². The normalized spacial score (nSPS) is 16.1. The molecule has 1 unspecified atom stereocenters. The molecule has 5 nitrogen and oxygen atoms in total. The SMILES string of the molecule is CC(CNCc1cccc(NC(=O)c2ccccc2Cl)c1)N1CCOCC1. The smallest absolute Gasteiger partial charge is 0.257 e. The van der Waals surface area contributed by atoms with Crippen molar-refractivity contribution in [1.29, 1.82) is 0 Å². The standard InChI is InChI=1S/C21H26ClN3O2/c1-16(25-9-11-27-12-10-25)14-23-15-17-5-4-6-18(13-17)24-21(26)19-7-2-3-8-20(19)22/h2-8,13,16,23H,9-12,14-15H2,1H3,(H,24,26). The Balaban J connectivity index is 1.51. The summed E-state index contributed by atoms with van der Waals surface area (Å²) in [4.78, 5) is 14.8. The van der Waals surface area contributed by atoms with Gasteiger partial charge in [-0.3, -0.25) is 9.69 Å². The third-order valence-electron chi connectivity index (χ3n) is 4.74. The lowest BCUT2D eigenvalue weighted by Crippen LogP contribution is -2.46. The van der Waals surface area contributed by atoms with Gasteiger partial charge < -0.3 is 15.4 Å². The summed E-state index contributed by atoms with van der Waals surface area (Å²) in [5.41, 5.74) is 2.36. The van der Waals surface area contributed by atoms with E-state index in [0.717, 1.165) is 50.6 Å². The maximum atomic E-state index is 12.4. The minimum absolute atomic E-state index is 0.202. The minimum atomic E-state index is -0.202. The average Bonchev–Trinajstić information content (AvgIpc) is 2.69. The number of hydrogen-bond acceptors (Lipinski definition) is 4. The van der Waals surface area contributed by atoms with Gasteiger partial charge in [-0.1, -0.05) is 35.9 Å². The first kappa shape index (κ1) is 19.8. The molecule has 3 rings (SSSR count). The van der Waals surface area contributed by atoms with E-state index in [1.165, 1.54) is 0 Å². The van der Waals surface area contributed by atoms with Crippen molar-refractivity contribution in [3.8, 4) is 0 Å². The highest BCUT2D eigenvalue weighted by Gasteiger charge is 2.16. The summed E-state index contributed by atoms with van der Waals surface area (Å²) in [6, 6.07) is 15.4. The molecule has 27 heavy (non-hydrogen) atoms. The van der Waals surface area contributed by atoms with E-state index in [0.29, 0.717) is 16.6 Å². The van der Waals surface area contributed by atoms with Crippen molar-refractivity contribution in [2.24, 2.45) is 0 Å². The van der Waals surface area contributed by atoms with Gasteiger partial charge in [0, 0.05) is 37.9 Å². The number of hydrogen-bond donors (Lipinski definition) is 2. The van der Waals surface area contributed by atoms with Gasteiger partial charge in [0.25, 0.3) is 5.91 Å². The van der Waals surface area contributed by atoms with Crippen molar-refractivity contribution in [2.45, 2.75) is 19.5 Å². The molecule has 0 aromatic heterocycles. The molecule has 2 aromatic carbocycles. The lowest BCUT2D eigenvalue weighted by atomic mass is 10.1. The molecule has 6 heteroatoms. The second-order valence-electron chi connectivity index (χ2n) is 6.76. The van der Waals surface area contributed by atoms with E-state index >= 15 is 0 Å². The number of carbonyl (C=O) groups is 1. The third-order valence-corrected chi connectivity index (χ3v) is 5.07. The van der Waals surface area contributed by atoms with E-state index < -0.39 is 0 Å². The predicted molar refractivity (Wildman–Crippen MR) is 109 cm³/mol. The summed E-state index contributed by atoms with van der Waals surface area (Å²) in [6.07, 6.45) is 0. The van der Waals surface area contributed by atoms with E-state index in [9.17, 15) is 4.79 Å². The van der Waals surface area contributed by atoms with Crippen LogP contribution >= 0.6 is 11.6 Å². The summed E-state index contributed by atoms with van der Waals surface area (Å²) in [5, 5.41) is 6.87. The Hall–Kier alpha value is -1.92. The number of benzene rings is 2. The van der Waals surface area contributed by atoms with Gasteiger partial charge in [-0.15, -0.1) is 0 Å². The van der Waals surface area contributed by atoms with Crippen LogP contribution in [-0.2, 0) is 11.3 Å². The fourth-order valence-corrected chi connectivity index (χ4v) is 3.40. The number of morpholine rings is 1. The van der Waals surface area contributed by atoms with E-state index in [4.69, 9.17) is 16.3 Å². The first-order valence-corrected chi connectivity index (χ1v) is 9.68. The molecule has 2 aromatic rings. The van der Waals surface area contributed by atoms with Crippen LogP contribution in [0.1, 0.15) is 22.8 Å². The van der Waals surface area contributed by atoms with Gasteiger partial charge in [0.15, 0.2) is 0 Å². The van der Waals surface area contributed by atoms with Crippen LogP contribution in [-0.4, -0.2) is 49.7 Å². The van der Waals surface area contributed by atoms with Gasteiger partial charge in [-0.25, -0.2) is 0 Å². The van der Waals surface area contributed by atoms with Crippen LogP contribution in [0.15, 0.2) is 48.5 Å². The topological polar surface area (TPSA) is 53.6 Å². The van der Waals surface area contributed by atoms with Crippen molar-refractivity contribution in [3.05, 3.63) is 64.7 Å². The van der Waals surface area contributed by atoms with E-state index in [1.807, 2.05) is 24.3 Å². The number of amides is 1. The van der Waals surface area contributed by atoms with Crippen LogP contribution in [0.3, 0.4) is 0 Å². The molecular formula is C21H26ClN3O2. The highest BCUT2D eigenvalue weighted by molar-refractivity contribution is 6.34. The summed E-state index contributed by atoms with van der Waals surface area (Å²) in [6.45, 7) is 7.52. The zero-order chi connectivity index (χ0) is 19.1. The Bertz CT molecular complexity index is 763. The molecule has 1 heterocycles. The van der Waals surface area contributed by atoms with Gasteiger partial charge in [0.2, 0.25) is 0 Å². The lowest BCUT2D eigenvalue weighted by molar-refractivity contribution is 0.0203. The first-order chi connectivity index (χ1) is 13.1. The van der Waals surface area contributed by atoms with Crippen molar-refractivity contribution in [3.63, 3.8) is 0 Å². The number of anilines is 1. The molecule has 0 radical (unpaired) electrons. The number of rotatable bonds is 7. The van der Waals surface area contributed by atoms with Crippen LogP contribution in [0.25, 0.3) is 0 Å². The molecule has 1 amide bonds. The van der Waals surface area contributed by atoms with Gasteiger partial charge >= 0.3 is 0 Å². The maximum Gasteiger partial charge on any atom is 0.257 e. The highest BCUT2D eigenvalue weighted by Crippen LogP contribution is 2.18. The quantitative estimate of drug-likeness (QED) is 0.764. The summed E-state index contributed by atoms with van der Waals surface area (Å²) in [5.74, 6) is -0.202. The molecule has 0 aliphatic carbocycles. The summed E-state index contributed by atoms with van der Waals surface area (Å²) < 4.78 is 5.40. The van der Waals surface area contributed by atoms with Crippen molar-refractivity contribution in [1.82, 2.24) is 10.2 Å². The molecule has 1 atom stereocenters. The Morgan fingerprint density at radius 3 is 2.74 bits per heavy atom. The molecule has 0 spiro atoms.